The average molecular weight is 332 g/mol. The lowest BCUT2D eigenvalue weighted by molar-refractivity contribution is -0.119. The Morgan fingerprint density at radius 2 is 2.32 bits per heavy atom. The Morgan fingerprint density at radius 1 is 1.45 bits per heavy atom. The number of carbonyl (C=O) groups is 1. The summed E-state index contributed by atoms with van der Waals surface area (Å²) in [6.45, 7) is 1.93. The number of thioether (sulfide) groups is 1. The lowest BCUT2D eigenvalue weighted by atomic mass is 10.3. The molecule has 2 N–H and O–H groups in total. The fourth-order valence-electron chi connectivity index (χ4n) is 2.09. The van der Waals surface area contributed by atoms with Crippen LogP contribution in [0.15, 0.2) is 35.2 Å². The second-order valence-corrected chi connectivity index (χ2v) is 6.61. The Morgan fingerprint density at radius 3 is 3.09 bits per heavy atom. The third kappa shape index (κ3) is 3.66. The second kappa shape index (κ2) is 6.93. The topological polar surface area (TPSA) is 70.7 Å². The van der Waals surface area contributed by atoms with E-state index in [2.05, 4.69) is 20.3 Å². The van der Waals surface area contributed by atoms with Crippen LogP contribution in [0.5, 0.6) is 0 Å². The molecule has 2 aromatic heterocycles. The van der Waals surface area contributed by atoms with Gasteiger partial charge in [0.1, 0.15) is 5.82 Å². The van der Waals surface area contributed by atoms with Crippen molar-refractivity contribution in [3.8, 4) is 0 Å². The van der Waals surface area contributed by atoms with Crippen molar-refractivity contribution in [1.29, 1.82) is 0 Å². The maximum Gasteiger partial charge on any atom is 0.230 e. The number of nitrogens with zero attached hydrogens (tertiary/aromatic N) is 2. The number of fused-ring (bicyclic) bond motifs is 1. The Kier molecular flexibility index (Phi) is 4.74. The van der Waals surface area contributed by atoms with Crippen molar-refractivity contribution < 1.29 is 4.79 Å². The molecule has 0 radical (unpaired) electrons. The van der Waals surface area contributed by atoms with E-state index in [1.54, 1.807) is 28.6 Å². The van der Waals surface area contributed by atoms with Gasteiger partial charge < -0.3 is 10.3 Å². The van der Waals surface area contributed by atoms with Gasteiger partial charge in [0.2, 0.25) is 5.91 Å². The Labute approximate surface area is 136 Å². The maximum atomic E-state index is 12.0. The molecule has 0 saturated carbocycles. The molecule has 1 atom stereocenters. The zero-order chi connectivity index (χ0) is 15.4. The molecular formula is C15H16N4OS2. The molecule has 0 unspecified atom stereocenters. The molecule has 2 heterocycles. The molecule has 0 bridgehead atoms. The highest BCUT2D eigenvalue weighted by Crippen LogP contribution is 2.16. The van der Waals surface area contributed by atoms with Crippen LogP contribution in [0.1, 0.15) is 24.5 Å². The predicted octanol–water partition coefficient (Wildman–Crippen LogP) is 3.13. The maximum absolute atomic E-state index is 12.0. The fraction of sp³-hybridized carbons (Fsp3) is 0.267. The van der Waals surface area contributed by atoms with Crippen LogP contribution in [0.25, 0.3) is 11.0 Å². The summed E-state index contributed by atoms with van der Waals surface area (Å²) in [7, 11) is 0. The number of aromatic nitrogens is 3. The number of H-pyrrole nitrogens is 1. The minimum absolute atomic E-state index is 0.00758. The van der Waals surface area contributed by atoms with Gasteiger partial charge in [0.25, 0.3) is 0 Å². The summed E-state index contributed by atoms with van der Waals surface area (Å²) in [5.41, 5.74) is 4.72. The van der Waals surface area contributed by atoms with Gasteiger partial charge in [-0.05, 0) is 19.1 Å². The number of para-hydroxylation sites is 2. The molecule has 1 amide bonds. The van der Waals surface area contributed by atoms with Crippen molar-refractivity contribution in [2.75, 3.05) is 5.75 Å². The molecule has 0 saturated heterocycles. The van der Waals surface area contributed by atoms with Crippen LogP contribution in [0.3, 0.4) is 0 Å². The van der Waals surface area contributed by atoms with Gasteiger partial charge in [0.15, 0.2) is 0 Å². The van der Waals surface area contributed by atoms with Crippen LogP contribution in [-0.2, 0) is 10.5 Å². The molecule has 0 aliphatic carbocycles. The molecular weight excluding hydrogens is 316 g/mol. The summed E-state index contributed by atoms with van der Waals surface area (Å²) in [5, 5.41) is 4.97. The summed E-state index contributed by atoms with van der Waals surface area (Å²) in [5.74, 6) is 1.96. The lowest BCUT2D eigenvalue weighted by Gasteiger charge is -2.11. The number of thiazole rings is 1. The predicted molar refractivity (Wildman–Crippen MR) is 90.9 cm³/mol. The van der Waals surface area contributed by atoms with Crippen LogP contribution in [-0.4, -0.2) is 26.6 Å². The third-order valence-electron chi connectivity index (χ3n) is 3.16. The quantitative estimate of drug-likeness (QED) is 0.727. The molecule has 5 nitrogen and oxygen atoms in total. The van der Waals surface area contributed by atoms with Crippen molar-refractivity contribution in [1.82, 2.24) is 20.3 Å². The van der Waals surface area contributed by atoms with Gasteiger partial charge in [0.05, 0.1) is 34.0 Å². The fourth-order valence-corrected chi connectivity index (χ4v) is 3.49. The summed E-state index contributed by atoms with van der Waals surface area (Å²) in [6, 6.07) is 7.70. The zero-order valence-corrected chi connectivity index (χ0v) is 13.7. The Balaban J connectivity index is 1.52. The van der Waals surface area contributed by atoms with E-state index < -0.39 is 0 Å². The van der Waals surface area contributed by atoms with Gasteiger partial charge >= 0.3 is 0 Å². The van der Waals surface area contributed by atoms with Crippen LogP contribution in [0, 0.1) is 0 Å². The monoisotopic (exact) mass is 332 g/mol. The van der Waals surface area contributed by atoms with Gasteiger partial charge in [-0.25, -0.2) is 9.97 Å². The molecule has 7 heteroatoms. The van der Waals surface area contributed by atoms with Gasteiger partial charge in [0, 0.05) is 11.1 Å². The molecule has 114 valence electrons. The molecule has 1 aromatic carbocycles. The SMILES string of the molecule is C[C@H](NC(=O)CSCc1cscn1)c1nc2ccccc2[nH]1. The first-order valence-corrected chi connectivity index (χ1v) is 9.01. The van der Waals surface area contributed by atoms with E-state index in [0.29, 0.717) is 5.75 Å². The van der Waals surface area contributed by atoms with E-state index in [-0.39, 0.29) is 11.9 Å². The van der Waals surface area contributed by atoms with Gasteiger partial charge in [-0.1, -0.05) is 12.1 Å². The summed E-state index contributed by atoms with van der Waals surface area (Å²) < 4.78 is 0. The third-order valence-corrected chi connectivity index (χ3v) is 4.76. The van der Waals surface area contributed by atoms with Crippen LogP contribution >= 0.6 is 23.1 Å². The van der Waals surface area contributed by atoms with Crippen molar-refractivity contribution in [2.45, 2.75) is 18.7 Å². The Bertz CT molecular complexity index is 721. The van der Waals surface area contributed by atoms with Gasteiger partial charge in [-0.2, -0.15) is 0 Å². The lowest BCUT2D eigenvalue weighted by Crippen LogP contribution is -2.28. The molecule has 0 aliphatic heterocycles. The summed E-state index contributed by atoms with van der Waals surface area (Å²) in [6.07, 6.45) is 0. The number of aromatic amines is 1. The highest BCUT2D eigenvalue weighted by Gasteiger charge is 2.13. The largest absolute Gasteiger partial charge is 0.346 e. The normalized spacial score (nSPS) is 12.4. The molecule has 0 spiro atoms. The standard InChI is InChI=1S/C15H16N4OS2/c1-10(15-18-12-4-2-3-5-13(12)19-15)17-14(20)8-21-6-11-7-22-9-16-11/h2-5,7,9-10H,6,8H2,1H3,(H,17,20)(H,18,19)/t10-/m0/s1. The number of imidazole rings is 1. The van der Waals surface area contributed by atoms with E-state index in [1.165, 1.54) is 0 Å². The molecule has 22 heavy (non-hydrogen) atoms. The first kappa shape index (κ1) is 15.1. The van der Waals surface area contributed by atoms with Crippen molar-refractivity contribution in [3.63, 3.8) is 0 Å². The van der Waals surface area contributed by atoms with Crippen LogP contribution in [0.4, 0.5) is 0 Å². The van der Waals surface area contributed by atoms with E-state index >= 15 is 0 Å². The highest BCUT2D eigenvalue weighted by molar-refractivity contribution is 7.99. The minimum Gasteiger partial charge on any atom is -0.346 e. The number of nitrogens with one attached hydrogen (secondary N) is 2. The zero-order valence-electron chi connectivity index (χ0n) is 12.1. The number of amides is 1. The van der Waals surface area contributed by atoms with Gasteiger partial charge in [-0.3, -0.25) is 4.79 Å². The highest BCUT2D eigenvalue weighted by atomic mass is 32.2. The first-order chi connectivity index (χ1) is 10.7. The number of hydrogen-bond acceptors (Lipinski definition) is 5. The molecule has 3 rings (SSSR count). The van der Waals surface area contributed by atoms with Crippen LogP contribution < -0.4 is 5.32 Å². The number of benzene rings is 1. The van der Waals surface area contributed by atoms with Crippen LogP contribution in [0.2, 0.25) is 0 Å². The Hall–Kier alpha value is -1.86. The van der Waals surface area contributed by atoms with E-state index in [0.717, 1.165) is 28.3 Å². The second-order valence-electron chi connectivity index (χ2n) is 4.90. The number of carbonyl (C=O) groups excluding carboxylic acids is 1. The number of hydrogen-bond donors (Lipinski definition) is 2. The van der Waals surface area contributed by atoms with E-state index in [4.69, 9.17) is 0 Å². The van der Waals surface area contributed by atoms with Crippen molar-refractivity contribution in [3.05, 3.63) is 46.7 Å². The minimum atomic E-state index is -0.139. The van der Waals surface area contributed by atoms with E-state index in [1.807, 2.05) is 36.6 Å². The molecule has 0 fully saturated rings. The smallest absolute Gasteiger partial charge is 0.230 e. The van der Waals surface area contributed by atoms with Gasteiger partial charge in [-0.15, -0.1) is 23.1 Å². The van der Waals surface area contributed by atoms with Crippen molar-refractivity contribution >= 4 is 40.0 Å². The summed E-state index contributed by atoms with van der Waals surface area (Å²) in [4.78, 5) is 23.9. The molecule has 3 aromatic rings. The number of rotatable bonds is 6. The first-order valence-electron chi connectivity index (χ1n) is 6.91. The average Bonchev–Trinajstić information content (AvgIpc) is 3.16. The molecule has 0 aliphatic rings. The van der Waals surface area contributed by atoms with E-state index in [9.17, 15) is 4.79 Å². The summed E-state index contributed by atoms with van der Waals surface area (Å²) >= 11 is 3.13. The van der Waals surface area contributed by atoms with Crippen molar-refractivity contribution in [2.24, 2.45) is 0 Å².